The molecule has 7 nitrogen and oxygen atoms in total. The first-order valence-electron chi connectivity index (χ1n) is 9.76. The number of nitrogens with zero attached hydrogens (tertiary/aromatic N) is 2. The molecule has 0 bridgehead atoms. The first-order valence-corrected chi connectivity index (χ1v) is 9.76. The van der Waals surface area contributed by atoms with Crippen molar-refractivity contribution in [1.82, 2.24) is 15.6 Å². The van der Waals surface area contributed by atoms with Gasteiger partial charge in [0.15, 0.2) is 5.96 Å². The molecule has 0 radical (unpaired) electrons. The molecular weight excluding hydrogens is 526 g/mol. The van der Waals surface area contributed by atoms with Gasteiger partial charge in [0, 0.05) is 25.9 Å². The SMILES string of the molecule is CN=C(NCCOc1ccc(OC)cc1)NCc1ccc(Oc2ccc(F)cc2)nc1.I. The number of ether oxygens (including phenoxy) is 3. The molecule has 32 heavy (non-hydrogen) atoms. The van der Waals surface area contributed by atoms with Crippen LogP contribution in [0.4, 0.5) is 4.39 Å². The molecule has 0 fully saturated rings. The van der Waals surface area contributed by atoms with Crippen molar-refractivity contribution >= 4 is 29.9 Å². The standard InChI is InChI=1S/C23H25FN4O3.HI/c1-25-23(26-13-14-30-20-10-8-19(29-2)9-11-20)28-16-17-3-12-22(27-15-17)31-21-6-4-18(24)5-7-21;/h3-12,15H,13-14,16H2,1-2H3,(H2,25,26,28);1H. The number of aromatic nitrogens is 1. The van der Waals surface area contributed by atoms with E-state index in [4.69, 9.17) is 14.2 Å². The number of hydrogen-bond donors (Lipinski definition) is 2. The highest BCUT2D eigenvalue weighted by Gasteiger charge is 2.02. The number of aliphatic imine (C=N–C) groups is 1. The second-order valence-electron chi connectivity index (χ2n) is 6.44. The second-order valence-corrected chi connectivity index (χ2v) is 6.44. The molecule has 0 saturated heterocycles. The fourth-order valence-corrected chi connectivity index (χ4v) is 2.62. The Balaban J connectivity index is 0.00000363. The van der Waals surface area contributed by atoms with Crippen molar-refractivity contribution in [1.29, 1.82) is 0 Å². The Morgan fingerprint density at radius 3 is 2.25 bits per heavy atom. The van der Waals surface area contributed by atoms with Gasteiger partial charge >= 0.3 is 0 Å². The summed E-state index contributed by atoms with van der Waals surface area (Å²) >= 11 is 0. The summed E-state index contributed by atoms with van der Waals surface area (Å²) in [5, 5.41) is 6.41. The average molecular weight is 552 g/mol. The van der Waals surface area contributed by atoms with Crippen LogP contribution < -0.4 is 24.8 Å². The minimum absolute atomic E-state index is 0. The topological polar surface area (TPSA) is 77.0 Å². The van der Waals surface area contributed by atoms with Crippen LogP contribution in [0.25, 0.3) is 0 Å². The van der Waals surface area contributed by atoms with Crippen LogP contribution in [0.15, 0.2) is 71.9 Å². The number of pyridine rings is 1. The van der Waals surface area contributed by atoms with Crippen LogP contribution in [0.3, 0.4) is 0 Å². The molecule has 170 valence electrons. The fourth-order valence-electron chi connectivity index (χ4n) is 2.62. The van der Waals surface area contributed by atoms with Gasteiger partial charge in [-0.05, 0) is 54.1 Å². The van der Waals surface area contributed by atoms with E-state index in [9.17, 15) is 4.39 Å². The van der Waals surface area contributed by atoms with Gasteiger partial charge in [0.2, 0.25) is 5.88 Å². The van der Waals surface area contributed by atoms with Gasteiger partial charge in [0.25, 0.3) is 0 Å². The Hall–Kier alpha value is -3.08. The lowest BCUT2D eigenvalue weighted by Crippen LogP contribution is -2.38. The highest BCUT2D eigenvalue weighted by atomic mass is 127. The van der Waals surface area contributed by atoms with Crippen LogP contribution in [-0.2, 0) is 6.54 Å². The lowest BCUT2D eigenvalue weighted by Gasteiger charge is -2.13. The minimum Gasteiger partial charge on any atom is -0.497 e. The van der Waals surface area contributed by atoms with Crippen LogP contribution in [-0.4, -0.2) is 38.3 Å². The summed E-state index contributed by atoms with van der Waals surface area (Å²) in [5.74, 6) is 2.88. The molecule has 0 spiro atoms. The number of hydrogen-bond acceptors (Lipinski definition) is 5. The van der Waals surface area contributed by atoms with Gasteiger partial charge in [0.1, 0.15) is 29.7 Å². The fraction of sp³-hybridized carbons (Fsp3) is 0.217. The Labute approximate surface area is 204 Å². The molecule has 9 heteroatoms. The van der Waals surface area contributed by atoms with Gasteiger partial charge < -0.3 is 24.8 Å². The molecular formula is C23H26FIN4O3. The summed E-state index contributed by atoms with van der Waals surface area (Å²) in [6, 6.07) is 16.9. The Morgan fingerprint density at radius 2 is 1.62 bits per heavy atom. The molecule has 1 aromatic heterocycles. The van der Waals surface area contributed by atoms with Crippen molar-refractivity contribution in [2.24, 2.45) is 4.99 Å². The van der Waals surface area contributed by atoms with E-state index in [-0.39, 0.29) is 29.8 Å². The molecule has 0 saturated carbocycles. The van der Waals surface area contributed by atoms with Crippen molar-refractivity contribution in [2.45, 2.75) is 6.54 Å². The van der Waals surface area contributed by atoms with Crippen LogP contribution in [0.5, 0.6) is 23.1 Å². The van der Waals surface area contributed by atoms with Gasteiger partial charge in [0.05, 0.1) is 13.7 Å². The van der Waals surface area contributed by atoms with Gasteiger partial charge in [-0.2, -0.15) is 0 Å². The zero-order valence-corrected chi connectivity index (χ0v) is 20.2. The Bertz CT molecular complexity index is 968. The second kappa shape index (κ2) is 13.4. The largest absolute Gasteiger partial charge is 0.497 e. The summed E-state index contributed by atoms with van der Waals surface area (Å²) in [6.45, 7) is 1.63. The summed E-state index contributed by atoms with van der Waals surface area (Å²) in [7, 11) is 3.34. The van der Waals surface area contributed by atoms with E-state index < -0.39 is 0 Å². The Morgan fingerprint density at radius 1 is 0.938 bits per heavy atom. The van der Waals surface area contributed by atoms with Crippen molar-refractivity contribution in [3.63, 3.8) is 0 Å². The van der Waals surface area contributed by atoms with Gasteiger partial charge in [-0.15, -0.1) is 24.0 Å². The average Bonchev–Trinajstić information content (AvgIpc) is 2.81. The molecule has 0 aliphatic rings. The minimum atomic E-state index is -0.309. The molecule has 2 N–H and O–H groups in total. The number of nitrogens with one attached hydrogen (secondary N) is 2. The third-order valence-corrected chi connectivity index (χ3v) is 4.24. The van der Waals surface area contributed by atoms with Gasteiger partial charge in [-0.25, -0.2) is 9.37 Å². The molecule has 0 atom stereocenters. The van der Waals surface area contributed by atoms with Crippen LogP contribution >= 0.6 is 24.0 Å². The summed E-state index contributed by atoms with van der Waals surface area (Å²) in [6.07, 6.45) is 1.71. The highest BCUT2D eigenvalue weighted by molar-refractivity contribution is 14.0. The maximum absolute atomic E-state index is 13.0. The molecule has 2 aromatic carbocycles. The van der Waals surface area contributed by atoms with Crippen molar-refractivity contribution in [3.05, 3.63) is 78.2 Å². The third kappa shape index (κ3) is 8.22. The number of benzene rings is 2. The van der Waals surface area contributed by atoms with E-state index in [1.165, 1.54) is 12.1 Å². The Kier molecular flexibility index (Phi) is 10.5. The summed E-state index contributed by atoms with van der Waals surface area (Å²) < 4.78 is 29.4. The van der Waals surface area contributed by atoms with Crippen molar-refractivity contribution in [3.8, 4) is 23.1 Å². The first-order chi connectivity index (χ1) is 15.2. The lowest BCUT2D eigenvalue weighted by molar-refractivity contribution is 0.321. The number of rotatable bonds is 9. The van der Waals surface area contributed by atoms with Gasteiger partial charge in [-0.3, -0.25) is 4.99 Å². The van der Waals surface area contributed by atoms with E-state index in [2.05, 4.69) is 20.6 Å². The van der Waals surface area contributed by atoms with Crippen LogP contribution in [0.2, 0.25) is 0 Å². The predicted molar refractivity (Wildman–Crippen MR) is 133 cm³/mol. The zero-order chi connectivity index (χ0) is 21.9. The quantitative estimate of drug-likeness (QED) is 0.178. The number of halogens is 2. The highest BCUT2D eigenvalue weighted by Crippen LogP contribution is 2.19. The van der Waals surface area contributed by atoms with Crippen LogP contribution in [0, 0.1) is 5.82 Å². The predicted octanol–water partition coefficient (Wildman–Crippen LogP) is 4.38. The van der Waals surface area contributed by atoms with Crippen LogP contribution in [0.1, 0.15) is 5.56 Å². The molecule has 1 heterocycles. The normalized spacial score (nSPS) is 10.7. The van der Waals surface area contributed by atoms with E-state index in [0.29, 0.717) is 37.3 Å². The molecule has 3 rings (SSSR count). The van der Waals surface area contributed by atoms with E-state index in [1.54, 1.807) is 38.6 Å². The zero-order valence-electron chi connectivity index (χ0n) is 17.9. The molecule has 3 aromatic rings. The first kappa shape index (κ1) is 25.2. The maximum Gasteiger partial charge on any atom is 0.219 e. The smallest absolute Gasteiger partial charge is 0.219 e. The van der Waals surface area contributed by atoms with E-state index in [1.807, 2.05) is 30.3 Å². The summed E-state index contributed by atoms with van der Waals surface area (Å²) in [5.41, 5.74) is 0.962. The van der Waals surface area contributed by atoms with Gasteiger partial charge in [-0.1, -0.05) is 6.07 Å². The number of methoxy groups -OCH3 is 1. The molecule has 0 aliphatic carbocycles. The van der Waals surface area contributed by atoms with E-state index >= 15 is 0 Å². The van der Waals surface area contributed by atoms with Crippen molar-refractivity contribution in [2.75, 3.05) is 27.3 Å². The molecule has 0 unspecified atom stereocenters. The monoisotopic (exact) mass is 552 g/mol. The number of guanidine groups is 1. The van der Waals surface area contributed by atoms with E-state index in [0.717, 1.165) is 17.1 Å². The lowest BCUT2D eigenvalue weighted by atomic mass is 10.3. The summed E-state index contributed by atoms with van der Waals surface area (Å²) in [4.78, 5) is 8.47. The maximum atomic E-state index is 13.0. The molecule has 0 aliphatic heterocycles. The van der Waals surface area contributed by atoms with Crippen molar-refractivity contribution < 1.29 is 18.6 Å². The molecule has 0 amide bonds. The third-order valence-electron chi connectivity index (χ3n) is 4.24.